The van der Waals surface area contributed by atoms with Crippen molar-refractivity contribution in [3.8, 4) is 11.5 Å². The van der Waals surface area contributed by atoms with E-state index >= 15 is 0 Å². The van der Waals surface area contributed by atoms with E-state index in [0.717, 1.165) is 5.56 Å². The van der Waals surface area contributed by atoms with Gasteiger partial charge in [0.2, 0.25) is 11.8 Å². The van der Waals surface area contributed by atoms with Gasteiger partial charge in [-0.2, -0.15) is 0 Å². The van der Waals surface area contributed by atoms with Gasteiger partial charge in [0.1, 0.15) is 17.3 Å². The van der Waals surface area contributed by atoms with Gasteiger partial charge in [0, 0.05) is 37.8 Å². The van der Waals surface area contributed by atoms with Gasteiger partial charge in [-0.25, -0.2) is 4.39 Å². The molecule has 8 heteroatoms. The molecule has 3 rings (SSSR count). The first-order valence-electron chi connectivity index (χ1n) is 10.2. The van der Waals surface area contributed by atoms with Crippen molar-refractivity contribution in [2.75, 3.05) is 33.9 Å². The molecule has 166 valence electrons. The summed E-state index contributed by atoms with van der Waals surface area (Å²) in [4.78, 5) is 26.9. The van der Waals surface area contributed by atoms with Crippen LogP contribution in [0, 0.1) is 5.82 Å². The molecule has 0 radical (unpaired) electrons. The van der Waals surface area contributed by atoms with Gasteiger partial charge in [-0.1, -0.05) is 24.3 Å². The van der Waals surface area contributed by atoms with Crippen molar-refractivity contribution in [2.45, 2.75) is 25.4 Å². The zero-order valence-electron chi connectivity index (χ0n) is 17.8. The quantitative estimate of drug-likeness (QED) is 0.637. The molecular weight excluding hydrogens is 401 g/mol. The van der Waals surface area contributed by atoms with Crippen molar-refractivity contribution in [3.63, 3.8) is 0 Å². The minimum absolute atomic E-state index is 0.0293. The molecule has 1 aliphatic rings. The summed E-state index contributed by atoms with van der Waals surface area (Å²) >= 11 is 0. The minimum Gasteiger partial charge on any atom is -0.497 e. The summed E-state index contributed by atoms with van der Waals surface area (Å²) in [6, 6.07) is 11.4. The average Bonchev–Trinajstić information content (AvgIpc) is 2.77. The van der Waals surface area contributed by atoms with Gasteiger partial charge in [0.25, 0.3) is 0 Å². The van der Waals surface area contributed by atoms with Crippen LogP contribution in [0.15, 0.2) is 42.5 Å². The number of hydrogen-bond donors (Lipinski definition) is 2. The fourth-order valence-corrected chi connectivity index (χ4v) is 3.66. The maximum atomic E-state index is 13.7. The van der Waals surface area contributed by atoms with Crippen LogP contribution in [-0.2, 0) is 22.6 Å². The van der Waals surface area contributed by atoms with E-state index in [-0.39, 0.29) is 24.1 Å². The van der Waals surface area contributed by atoms with Crippen LogP contribution in [0.3, 0.4) is 0 Å². The highest BCUT2D eigenvalue weighted by Gasteiger charge is 2.32. The molecule has 0 bridgehead atoms. The number of ether oxygens (including phenoxy) is 2. The maximum absolute atomic E-state index is 13.7. The number of carbonyl (C=O) groups excluding carboxylic acids is 2. The number of carbonyl (C=O) groups is 2. The van der Waals surface area contributed by atoms with E-state index in [9.17, 15) is 14.0 Å². The second kappa shape index (κ2) is 10.8. The average molecular weight is 429 g/mol. The highest BCUT2D eigenvalue weighted by atomic mass is 19.1. The van der Waals surface area contributed by atoms with Gasteiger partial charge in [0.15, 0.2) is 0 Å². The van der Waals surface area contributed by atoms with Gasteiger partial charge < -0.3 is 20.1 Å². The monoisotopic (exact) mass is 429 g/mol. The summed E-state index contributed by atoms with van der Waals surface area (Å²) in [6.45, 7) is 1.91. The molecule has 2 aromatic carbocycles. The first-order chi connectivity index (χ1) is 15.0. The number of amides is 2. The third-order valence-electron chi connectivity index (χ3n) is 5.36. The SMILES string of the molecule is COc1ccc(CN2CCNC(=O)C2CC(=O)NCCc2ccccc2F)c(OC)c1. The van der Waals surface area contributed by atoms with Crippen LogP contribution in [0.25, 0.3) is 0 Å². The van der Waals surface area contributed by atoms with E-state index in [4.69, 9.17) is 9.47 Å². The van der Waals surface area contributed by atoms with Gasteiger partial charge in [-0.15, -0.1) is 0 Å². The van der Waals surface area contributed by atoms with Crippen LogP contribution in [-0.4, -0.2) is 56.6 Å². The molecule has 0 spiro atoms. The molecular formula is C23H28FN3O4. The fraction of sp³-hybridized carbons (Fsp3) is 0.391. The Balaban J connectivity index is 1.61. The predicted molar refractivity (Wildman–Crippen MR) is 114 cm³/mol. The van der Waals surface area contributed by atoms with Crippen LogP contribution >= 0.6 is 0 Å². The Morgan fingerprint density at radius 3 is 2.74 bits per heavy atom. The summed E-state index contributed by atoms with van der Waals surface area (Å²) in [5, 5.41) is 5.62. The van der Waals surface area contributed by atoms with E-state index in [2.05, 4.69) is 10.6 Å². The first kappa shape index (κ1) is 22.6. The minimum atomic E-state index is -0.589. The molecule has 1 unspecified atom stereocenters. The third-order valence-corrected chi connectivity index (χ3v) is 5.36. The smallest absolute Gasteiger partial charge is 0.237 e. The highest BCUT2D eigenvalue weighted by Crippen LogP contribution is 2.27. The zero-order valence-corrected chi connectivity index (χ0v) is 17.8. The van der Waals surface area contributed by atoms with E-state index in [1.807, 2.05) is 17.0 Å². The van der Waals surface area contributed by atoms with E-state index in [0.29, 0.717) is 49.7 Å². The van der Waals surface area contributed by atoms with Crippen LogP contribution in [0.5, 0.6) is 11.5 Å². The summed E-state index contributed by atoms with van der Waals surface area (Å²) in [5.41, 5.74) is 1.45. The number of halogens is 1. The molecule has 31 heavy (non-hydrogen) atoms. The van der Waals surface area contributed by atoms with Gasteiger partial charge >= 0.3 is 0 Å². The summed E-state index contributed by atoms with van der Waals surface area (Å²) < 4.78 is 24.4. The Bertz CT molecular complexity index is 921. The van der Waals surface area contributed by atoms with Crippen molar-refractivity contribution in [2.24, 2.45) is 0 Å². The molecule has 2 amide bonds. The van der Waals surface area contributed by atoms with Gasteiger partial charge in [-0.05, 0) is 24.1 Å². The lowest BCUT2D eigenvalue weighted by Gasteiger charge is -2.35. The molecule has 1 aliphatic heterocycles. The first-order valence-corrected chi connectivity index (χ1v) is 10.2. The van der Waals surface area contributed by atoms with Crippen molar-refractivity contribution in [3.05, 3.63) is 59.4 Å². The Labute approximate surface area is 181 Å². The number of rotatable bonds is 9. The van der Waals surface area contributed by atoms with Crippen LogP contribution < -0.4 is 20.1 Å². The number of nitrogens with one attached hydrogen (secondary N) is 2. The third kappa shape index (κ3) is 5.95. The number of hydrogen-bond acceptors (Lipinski definition) is 5. The molecule has 0 saturated carbocycles. The standard InChI is InChI=1S/C23H28FN3O4/c1-30-18-8-7-17(21(13-18)31-2)15-27-12-11-26-23(29)20(27)14-22(28)25-10-9-16-5-3-4-6-19(16)24/h3-8,13,20H,9-12,14-15H2,1-2H3,(H,25,28)(H,26,29). The molecule has 1 atom stereocenters. The van der Waals surface area contributed by atoms with Gasteiger partial charge in [0.05, 0.1) is 26.7 Å². The molecule has 1 fully saturated rings. The van der Waals surface area contributed by atoms with Crippen LogP contribution in [0.1, 0.15) is 17.5 Å². The number of benzene rings is 2. The molecule has 0 aromatic heterocycles. The van der Waals surface area contributed by atoms with Crippen molar-refractivity contribution < 1.29 is 23.5 Å². The maximum Gasteiger partial charge on any atom is 0.237 e. The molecule has 1 saturated heterocycles. The molecule has 7 nitrogen and oxygen atoms in total. The lowest BCUT2D eigenvalue weighted by molar-refractivity contribution is -0.134. The molecule has 2 aromatic rings. The summed E-state index contributed by atoms with van der Waals surface area (Å²) in [7, 11) is 3.17. The second-order valence-electron chi connectivity index (χ2n) is 7.35. The lowest BCUT2D eigenvalue weighted by atomic mass is 10.1. The second-order valence-corrected chi connectivity index (χ2v) is 7.35. The Hall–Kier alpha value is -3.13. The van der Waals surface area contributed by atoms with Gasteiger partial charge in [-0.3, -0.25) is 14.5 Å². The van der Waals surface area contributed by atoms with Crippen LogP contribution in [0.4, 0.5) is 4.39 Å². The van der Waals surface area contributed by atoms with Crippen molar-refractivity contribution >= 4 is 11.8 Å². The topological polar surface area (TPSA) is 79.9 Å². The van der Waals surface area contributed by atoms with Crippen LogP contribution in [0.2, 0.25) is 0 Å². The fourth-order valence-electron chi connectivity index (χ4n) is 3.66. The highest BCUT2D eigenvalue weighted by molar-refractivity contribution is 5.88. The summed E-state index contributed by atoms with van der Waals surface area (Å²) in [6.07, 6.45) is 0.420. The number of piperazine rings is 1. The molecule has 2 N–H and O–H groups in total. The van der Waals surface area contributed by atoms with E-state index in [1.165, 1.54) is 6.07 Å². The lowest BCUT2D eigenvalue weighted by Crippen LogP contribution is -2.56. The largest absolute Gasteiger partial charge is 0.497 e. The van der Waals surface area contributed by atoms with Crippen molar-refractivity contribution in [1.29, 1.82) is 0 Å². The normalized spacial score (nSPS) is 16.5. The number of nitrogens with zero attached hydrogens (tertiary/aromatic N) is 1. The van der Waals surface area contributed by atoms with Crippen molar-refractivity contribution in [1.82, 2.24) is 15.5 Å². The Morgan fingerprint density at radius 1 is 1.19 bits per heavy atom. The molecule has 1 heterocycles. The zero-order chi connectivity index (χ0) is 22.2. The predicted octanol–water partition coefficient (Wildman–Crippen LogP) is 1.89. The Kier molecular flexibility index (Phi) is 7.83. The van der Waals surface area contributed by atoms with E-state index < -0.39 is 6.04 Å². The Morgan fingerprint density at radius 2 is 2.00 bits per heavy atom. The van der Waals surface area contributed by atoms with E-state index in [1.54, 1.807) is 38.5 Å². The molecule has 0 aliphatic carbocycles. The number of methoxy groups -OCH3 is 2. The summed E-state index contributed by atoms with van der Waals surface area (Å²) in [5.74, 6) is 0.636.